The molecule has 0 aliphatic heterocycles. The Hall–Kier alpha value is -0.629. The van der Waals surface area contributed by atoms with Crippen LogP contribution >= 0.6 is 0 Å². The van der Waals surface area contributed by atoms with E-state index >= 15 is 0 Å². The van der Waals surface area contributed by atoms with E-state index in [1.807, 2.05) is 0 Å². The van der Waals surface area contributed by atoms with E-state index in [9.17, 15) is 0 Å². The Labute approximate surface area is 120 Å². The van der Waals surface area contributed by atoms with Gasteiger partial charge in [0.25, 0.3) is 0 Å². The first-order valence-electron chi connectivity index (χ1n) is 7.68. The van der Waals surface area contributed by atoms with Gasteiger partial charge in [-0.05, 0) is 0 Å². The van der Waals surface area contributed by atoms with Gasteiger partial charge >= 0.3 is 120 Å². The quantitative estimate of drug-likeness (QED) is 0.666. The molecule has 2 aliphatic carbocycles. The second kappa shape index (κ2) is 3.09. The molecule has 0 bridgehead atoms. The standard InChI is InChI=1S/C9H7.C5H5.4CH3.H2Si.Ti/c1-2-5-9-7-3-6-8(9)4-1;1-2-4-5-3-1;;;;;;/h1-7H;1-3H,4H2;4*1H3;1H2;. The Morgan fingerprint density at radius 2 is 1.80 bits per heavy atom. The molecule has 1 unspecified atom stereocenters. The van der Waals surface area contributed by atoms with Crippen molar-refractivity contribution >= 4 is 13.7 Å². The Bertz CT molecular complexity index is 806. The zero-order valence-electron chi connectivity index (χ0n) is 13.2. The van der Waals surface area contributed by atoms with E-state index in [1.165, 1.54) is 11.1 Å². The van der Waals surface area contributed by atoms with Crippen molar-refractivity contribution in [3.8, 4) is 0 Å². The maximum atomic E-state index is 2.62. The topological polar surface area (TPSA) is 0 Å². The summed E-state index contributed by atoms with van der Waals surface area (Å²) in [5.41, 5.74) is 2.94. The van der Waals surface area contributed by atoms with E-state index < -0.39 is 11.5 Å². The van der Waals surface area contributed by atoms with Crippen LogP contribution in [0.25, 0.3) is 6.08 Å². The number of fused-ring (bicyclic) bond motifs is 1. The molecular formula is C18H26SiTi. The minimum atomic E-state index is -3.81. The van der Waals surface area contributed by atoms with Crippen LogP contribution in [-0.4, -0.2) is 7.63 Å². The van der Waals surface area contributed by atoms with Crippen LogP contribution in [0.1, 0.15) is 21.8 Å². The van der Waals surface area contributed by atoms with Gasteiger partial charge in [0, 0.05) is 0 Å². The van der Waals surface area contributed by atoms with E-state index in [-0.39, 0.29) is 0 Å². The SMILES string of the molecule is [CH3][Ti]([CH3])([CH3])([CH3])(=[SiH2])([C]1=CC=CC1)[CH]1C=Cc2ccccc21. The van der Waals surface area contributed by atoms with Gasteiger partial charge in [-0.25, -0.2) is 0 Å². The molecule has 0 fully saturated rings. The molecule has 0 nitrogen and oxygen atoms in total. The van der Waals surface area contributed by atoms with Crippen LogP contribution in [0, 0.1) is 0 Å². The van der Waals surface area contributed by atoms with Crippen molar-refractivity contribution in [2.45, 2.75) is 31.6 Å². The second-order valence-electron chi connectivity index (χ2n) is 10.9. The third-order valence-corrected chi connectivity index (χ3v) is 21.3. The van der Waals surface area contributed by atoms with Crippen molar-refractivity contribution in [3.05, 3.63) is 63.6 Å². The third kappa shape index (κ3) is 1.83. The number of allylic oxidation sites excluding steroid dienone is 5. The summed E-state index contributed by atoms with van der Waals surface area (Å²) in [5.74, 6) is 0. The molecule has 0 aromatic heterocycles. The van der Waals surface area contributed by atoms with Crippen molar-refractivity contribution in [1.29, 1.82) is 0 Å². The average Bonchev–Trinajstić information content (AvgIpc) is 2.98. The van der Waals surface area contributed by atoms with E-state index in [4.69, 9.17) is 0 Å². The fourth-order valence-electron chi connectivity index (χ4n) is 4.19. The Morgan fingerprint density at radius 1 is 1.10 bits per heavy atom. The molecule has 1 atom stereocenters. The van der Waals surface area contributed by atoms with Gasteiger partial charge in [-0.2, -0.15) is 0 Å². The van der Waals surface area contributed by atoms with Gasteiger partial charge in [-0.3, -0.25) is 0 Å². The Balaban J connectivity index is 2.33. The molecule has 2 heteroatoms. The predicted molar refractivity (Wildman–Crippen MR) is 92.1 cm³/mol. The van der Waals surface area contributed by atoms with Crippen LogP contribution in [0.3, 0.4) is 0 Å². The molecule has 0 saturated heterocycles. The molecule has 2 aliphatic rings. The van der Waals surface area contributed by atoms with E-state index in [0.29, 0.717) is 4.22 Å². The van der Waals surface area contributed by atoms with Crippen LogP contribution in [0.2, 0.25) is 20.9 Å². The van der Waals surface area contributed by atoms with Crippen LogP contribution in [0.15, 0.2) is 52.4 Å². The Morgan fingerprint density at radius 3 is 2.45 bits per heavy atom. The van der Waals surface area contributed by atoms with Gasteiger partial charge in [-0.15, -0.1) is 0 Å². The van der Waals surface area contributed by atoms with Gasteiger partial charge in [0.1, 0.15) is 0 Å². The normalized spacial score (nSPS) is 26.3. The van der Waals surface area contributed by atoms with E-state index in [1.54, 1.807) is 3.88 Å². The van der Waals surface area contributed by atoms with Crippen LogP contribution < -0.4 is 0 Å². The summed E-state index contributed by atoms with van der Waals surface area (Å²) in [6.45, 7) is 0. The Kier molecular flexibility index (Phi) is 2.21. The summed E-state index contributed by atoms with van der Waals surface area (Å²) in [7, 11) is 2.33. The average molecular weight is 318 g/mol. The fraction of sp³-hybridized carbons (Fsp3) is 0.333. The summed E-state index contributed by atoms with van der Waals surface area (Å²) >= 11 is -3.81. The number of hydrogen-bond acceptors (Lipinski definition) is 0. The van der Waals surface area contributed by atoms with Crippen molar-refractivity contribution in [2.24, 2.45) is 0 Å². The molecular weight excluding hydrogens is 292 g/mol. The van der Waals surface area contributed by atoms with Crippen LogP contribution in [-0.2, 0) is 11.5 Å². The summed E-state index contributed by atoms with van der Waals surface area (Å²) in [4.78, 5) is 0. The monoisotopic (exact) mass is 318 g/mol. The van der Waals surface area contributed by atoms with Gasteiger partial charge < -0.3 is 0 Å². The fourth-order valence-corrected chi connectivity index (χ4v) is 15.4. The van der Waals surface area contributed by atoms with E-state index in [0.717, 1.165) is 6.42 Å². The molecule has 0 radical (unpaired) electrons. The van der Waals surface area contributed by atoms with Crippen molar-refractivity contribution in [2.75, 3.05) is 0 Å². The summed E-state index contributed by atoms with van der Waals surface area (Å²) in [5, 5.41) is 10.5. The molecule has 1 aromatic carbocycles. The van der Waals surface area contributed by atoms with Gasteiger partial charge in [0.2, 0.25) is 0 Å². The number of benzene rings is 1. The number of hydrogen-bond donors (Lipinski definition) is 0. The summed E-state index contributed by atoms with van der Waals surface area (Å²) in [6, 6.07) is 8.93. The first-order chi connectivity index (χ1) is 8.94. The molecule has 1 aromatic rings. The molecule has 0 spiro atoms. The maximum absolute atomic E-state index is 3.81. The first-order valence-corrected chi connectivity index (χ1v) is 19.6. The first kappa shape index (κ1) is 14.3. The van der Waals surface area contributed by atoms with Crippen LogP contribution in [0.5, 0.6) is 0 Å². The number of rotatable bonds is 2. The van der Waals surface area contributed by atoms with Gasteiger partial charge in [0.15, 0.2) is 0 Å². The molecule has 0 saturated carbocycles. The molecule has 0 amide bonds. The zero-order chi connectivity index (χ0) is 14.8. The van der Waals surface area contributed by atoms with Gasteiger partial charge in [-0.1, -0.05) is 0 Å². The molecule has 3 rings (SSSR count). The zero-order valence-corrected chi connectivity index (χ0v) is 16.2. The summed E-state index contributed by atoms with van der Waals surface area (Å²) in [6.07, 6.45) is 12.9. The second-order valence-corrected chi connectivity index (χ2v) is 49.8. The molecule has 0 heterocycles. The van der Waals surface area contributed by atoms with Crippen molar-refractivity contribution in [1.82, 2.24) is 0 Å². The third-order valence-electron chi connectivity index (χ3n) is 5.89. The van der Waals surface area contributed by atoms with Gasteiger partial charge in [0.05, 0.1) is 0 Å². The molecule has 106 valence electrons. The van der Waals surface area contributed by atoms with Crippen LogP contribution in [0.4, 0.5) is 0 Å². The van der Waals surface area contributed by atoms with Crippen molar-refractivity contribution in [3.63, 3.8) is 0 Å². The molecule has 0 N–H and O–H groups in total. The predicted octanol–water partition coefficient (Wildman–Crippen LogP) is 5.10. The summed E-state index contributed by atoms with van der Waals surface area (Å²) < 4.78 is 2.24. The van der Waals surface area contributed by atoms with E-state index in [2.05, 4.69) is 83.2 Å². The molecule has 20 heavy (non-hydrogen) atoms. The van der Waals surface area contributed by atoms with Crippen molar-refractivity contribution < 1.29 is 11.5 Å². The minimum absolute atomic E-state index is 0.550.